The van der Waals surface area contributed by atoms with Gasteiger partial charge in [-0.05, 0) is 37.5 Å². The number of benzene rings is 1. The van der Waals surface area contributed by atoms with E-state index in [0.29, 0.717) is 18.0 Å². The zero-order valence-corrected chi connectivity index (χ0v) is 11.0. The lowest BCUT2D eigenvalue weighted by atomic mass is 9.95. The van der Waals surface area contributed by atoms with E-state index < -0.39 is 11.6 Å². The molecule has 1 aromatic carbocycles. The lowest BCUT2D eigenvalue weighted by Gasteiger charge is -2.29. The minimum atomic E-state index is -0.544. The molecule has 0 spiro atoms. The molecule has 0 aliphatic carbocycles. The van der Waals surface area contributed by atoms with Crippen molar-refractivity contribution in [1.82, 2.24) is 5.32 Å². The first-order chi connectivity index (χ1) is 7.99. The van der Waals surface area contributed by atoms with Gasteiger partial charge in [-0.3, -0.25) is 0 Å². The van der Waals surface area contributed by atoms with Crippen LogP contribution in [0.1, 0.15) is 32.3 Å². The summed E-state index contributed by atoms with van der Waals surface area (Å²) in [6, 6.07) is 3.56. The maximum atomic E-state index is 13.0. The number of hydrogen-bond acceptors (Lipinski definition) is 1. The second-order valence-corrected chi connectivity index (χ2v) is 4.86. The fourth-order valence-corrected chi connectivity index (χ4v) is 2.04. The van der Waals surface area contributed by atoms with Crippen LogP contribution in [0.5, 0.6) is 0 Å². The quantitative estimate of drug-likeness (QED) is 0.767. The summed E-state index contributed by atoms with van der Waals surface area (Å²) in [6.45, 7) is 4.56. The van der Waals surface area contributed by atoms with E-state index in [4.69, 9.17) is 11.6 Å². The predicted molar refractivity (Wildman–Crippen MR) is 67.2 cm³/mol. The molecule has 1 N–H and O–H groups in total. The van der Waals surface area contributed by atoms with Crippen molar-refractivity contribution in [2.45, 2.75) is 38.8 Å². The summed E-state index contributed by atoms with van der Waals surface area (Å²) in [7, 11) is 0. The summed E-state index contributed by atoms with van der Waals surface area (Å²) < 4.78 is 26.0. The van der Waals surface area contributed by atoms with Gasteiger partial charge in [0.1, 0.15) is 11.6 Å². The van der Waals surface area contributed by atoms with Gasteiger partial charge in [0.2, 0.25) is 0 Å². The Balaban J connectivity index is 2.65. The average Bonchev–Trinajstić information content (AvgIpc) is 2.26. The molecule has 0 radical (unpaired) electrons. The number of hydrogen-bond donors (Lipinski definition) is 1. The lowest BCUT2D eigenvalue weighted by molar-refractivity contribution is 0.330. The minimum Gasteiger partial charge on any atom is -0.307 e. The van der Waals surface area contributed by atoms with Crippen molar-refractivity contribution < 1.29 is 8.78 Å². The molecule has 0 heterocycles. The summed E-state index contributed by atoms with van der Waals surface area (Å²) in [5.41, 5.74) is 0.515. The molecule has 1 unspecified atom stereocenters. The molecule has 0 fully saturated rings. The molecule has 1 rings (SSSR count). The molecule has 0 aliphatic rings. The molecular weight excluding hydrogens is 244 g/mol. The van der Waals surface area contributed by atoms with Gasteiger partial charge in [0.15, 0.2) is 0 Å². The van der Waals surface area contributed by atoms with Crippen molar-refractivity contribution in [3.05, 3.63) is 35.4 Å². The van der Waals surface area contributed by atoms with E-state index in [-0.39, 0.29) is 5.54 Å². The molecule has 1 atom stereocenters. The van der Waals surface area contributed by atoms with Crippen LogP contribution in [-0.2, 0) is 6.54 Å². The van der Waals surface area contributed by atoms with Gasteiger partial charge in [-0.1, -0.05) is 6.92 Å². The molecule has 1 nitrogen and oxygen atoms in total. The highest BCUT2D eigenvalue weighted by atomic mass is 35.5. The summed E-state index contributed by atoms with van der Waals surface area (Å²) in [5.74, 6) is -0.524. The molecule has 4 heteroatoms. The van der Waals surface area contributed by atoms with Gasteiger partial charge < -0.3 is 5.32 Å². The van der Waals surface area contributed by atoms with Crippen LogP contribution in [0.25, 0.3) is 0 Å². The predicted octanol–water partition coefficient (Wildman–Crippen LogP) is 3.85. The van der Waals surface area contributed by atoms with Crippen molar-refractivity contribution in [2.24, 2.45) is 0 Å². The smallest absolute Gasteiger partial charge is 0.126 e. The fraction of sp³-hybridized carbons (Fsp3) is 0.538. The van der Waals surface area contributed by atoms with E-state index in [1.54, 1.807) is 0 Å². The van der Waals surface area contributed by atoms with Gasteiger partial charge in [0.25, 0.3) is 0 Å². The first kappa shape index (κ1) is 14.4. The average molecular weight is 262 g/mol. The summed E-state index contributed by atoms with van der Waals surface area (Å²) in [4.78, 5) is 0. The van der Waals surface area contributed by atoms with E-state index in [1.807, 2.05) is 0 Å². The Bertz CT molecular complexity index is 350. The third-order valence-corrected chi connectivity index (χ3v) is 3.26. The largest absolute Gasteiger partial charge is 0.307 e. The van der Waals surface area contributed by atoms with Crippen molar-refractivity contribution in [3.63, 3.8) is 0 Å². The second-order valence-electron chi connectivity index (χ2n) is 4.48. The van der Waals surface area contributed by atoms with Gasteiger partial charge in [0.05, 0.1) is 0 Å². The number of rotatable bonds is 6. The highest BCUT2D eigenvalue weighted by Gasteiger charge is 2.20. The van der Waals surface area contributed by atoms with Crippen molar-refractivity contribution in [3.8, 4) is 0 Å². The summed E-state index contributed by atoms with van der Waals surface area (Å²) in [5, 5.41) is 3.30. The summed E-state index contributed by atoms with van der Waals surface area (Å²) in [6.07, 6.45) is 1.74. The van der Waals surface area contributed by atoms with Gasteiger partial charge in [-0.25, -0.2) is 8.78 Å². The Labute approximate surface area is 106 Å². The maximum absolute atomic E-state index is 13.0. The Hall–Kier alpha value is -0.670. The molecular formula is C13H18ClF2N. The van der Waals surface area contributed by atoms with E-state index in [9.17, 15) is 8.78 Å². The van der Waals surface area contributed by atoms with Crippen LogP contribution in [0.3, 0.4) is 0 Å². The number of alkyl halides is 1. The standard InChI is InChI=1S/C13H18ClF2N/c1-3-13(2,4-5-14)17-9-10-6-11(15)8-12(16)7-10/h6-8,17H,3-5,9H2,1-2H3. The van der Waals surface area contributed by atoms with Crippen LogP contribution < -0.4 is 5.32 Å². The van der Waals surface area contributed by atoms with Crippen molar-refractivity contribution in [1.29, 1.82) is 0 Å². The van der Waals surface area contributed by atoms with E-state index >= 15 is 0 Å². The zero-order valence-electron chi connectivity index (χ0n) is 10.2. The SMILES string of the molecule is CCC(C)(CCCl)NCc1cc(F)cc(F)c1. The monoisotopic (exact) mass is 261 g/mol. The molecule has 0 saturated heterocycles. The number of halogens is 3. The van der Waals surface area contributed by atoms with Gasteiger partial charge in [-0.15, -0.1) is 11.6 Å². The lowest BCUT2D eigenvalue weighted by Crippen LogP contribution is -2.41. The van der Waals surface area contributed by atoms with Crippen LogP contribution in [0, 0.1) is 11.6 Å². The molecule has 17 heavy (non-hydrogen) atoms. The van der Waals surface area contributed by atoms with E-state index in [1.165, 1.54) is 12.1 Å². The Morgan fingerprint density at radius 1 is 1.24 bits per heavy atom. The molecule has 0 aliphatic heterocycles. The van der Waals surface area contributed by atoms with Gasteiger partial charge >= 0.3 is 0 Å². The topological polar surface area (TPSA) is 12.0 Å². The van der Waals surface area contributed by atoms with E-state index in [2.05, 4.69) is 19.2 Å². The Morgan fingerprint density at radius 3 is 2.29 bits per heavy atom. The molecule has 0 bridgehead atoms. The highest BCUT2D eigenvalue weighted by molar-refractivity contribution is 6.17. The third-order valence-electron chi connectivity index (χ3n) is 3.07. The maximum Gasteiger partial charge on any atom is 0.126 e. The minimum absolute atomic E-state index is 0.0927. The van der Waals surface area contributed by atoms with Gasteiger partial charge in [0, 0.05) is 24.0 Å². The highest BCUT2D eigenvalue weighted by Crippen LogP contribution is 2.17. The first-order valence-corrected chi connectivity index (χ1v) is 6.28. The zero-order chi connectivity index (χ0) is 12.9. The van der Waals surface area contributed by atoms with Crippen molar-refractivity contribution >= 4 is 11.6 Å². The Morgan fingerprint density at radius 2 is 1.82 bits per heavy atom. The molecule has 0 saturated carbocycles. The van der Waals surface area contributed by atoms with Crippen LogP contribution >= 0.6 is 11.6 Å². The summed E-state index contributed by atoms with van der Waals surface area (Å²) >= 11 is 5.74. The van der Waals surface area contributed by atoms with Crippen LogP contribution in [-0.4, -0.2) is 11.4 Å². The molecule has 1 aromatic rings. The first-order valence-electron chi connectivity index (χ1n) is 5.75. The normalized spacial score (nSPS) is 14.6. The Kier molecular flexibility index (Phi) is 5.34. The second kappa shape index (κ2) is 6.31. The fourth-order valence-electron chi connectivity index (χ4n) is 1.63. The van der Waals surface area contributed by atoms with Crippen LogP contribution in [0.4, 0.5) is 8.78 Å². The van der Waals surface area contributed by atoms with Crippen LogP contribution in [0.2, 0.25) is 0 Å². The van der Waals surface area contributed by atoms with Gasteiger partial charge in [-0.2, -0.15) is 0 Å². The molecule has 0 aromatic heterocycles. The number of nitrogens with one attached hydrogen (secondary N) is 1. The molecule has 0 amide bonds. The molecule has 96 valence electrons. The van der Waals surface area contributed by atoms with E-state index in [0.717, 1.165) is 18.9 Å². The third kappa shape index (κ3) is 4.60. The van der Waals surface area contributed by atoms with Crippen LogP contribution in [0.15, 0.2) is 18.2 Å². The van der Waals surface area contributed by atoms with Crippen molar-refractivity contribution in [2.75, 3.05) is 5.88 Å².